The molecule has 1 aliphatic heterocycles. The maximum Gasteiger partial charge on any atom is 0.263 e. The Kier molecular flexibility index (Phi) is 5.65. The highest BCUT2D eigenvalue weighted by Crippen LogP contribution is 2.27. The van der Waals surface area contributed by atoms with Gasteiger partial charge >= 0.3 is 0 Å². The van der Waals surface area contributed by atoms with Crippen molar-refractivity contribution in [3.8, 4) is 5.75 Å². The van der Waals surface area contributed by atoms with Crippen LogP contribution in [0.15, 0.2) is 22.7 Å². The van der Waals surface area contributed by atoms with Crippen LogP contribution in [0.3, 0.4) is 0 Å². The van der Waals surface area contributed by atoms with Gasteiger partial charge in [0, 0.05) is 19.1 Å². The first-order valence-electron chi connectivity index (χ1n) is 7.41. The number of halogens is 1. The number of nitrogens with zero attached hydrogens (tertiary/aromatic N) is 1. The Bertz CT molecular complexity index is 507. The van der Waals surface area contributed by atoms with E-state index in [2.05, 4.69) is 21.2 Å². The normalized spacial score (nSPS) is 19.6. The van der Waals surface area contributed by atoms with Crippen molar-refractivity contribution in [3.05, 3.63) is 28.2 Å². The molecule has 1 aromatic carbocycles. The molecule has 0 bridgehead atoms. The molecule has 2 rings (SSSR count). The lowest BCUT2D eigenvalue weighted by Crippen LogP contribution is -2.46. The van der Waals surface area contributed by atoms with Gasteiger partial charge < -0.3 is 15.0 Å². The fourth-order valence-corrected chi connectivity index (χ4v) is 3.34. The van der Waals surface area contributed by atoms with Gasteiger partial charge in [0.15, 0.2) is 6.10 Å². The first-order chi connectivity index (χ1) is 10.0. The Morgan fingerprint density at radius 3 is 3.00 bits per heavy atom. The standard InChI is InChI=1S/C16H23BrN2O2/c1-11-6-7-15(14(17)9-11)21-12(2)16(20)19-8-4-5-13(19)10-18-3/h6-7,9,12-13,18H,4-5,8,10H2,1-3H3. The van der Waals surface area contributed by atoms with Crippen LogP contribution in [0.25, 0.3) is 0 Å². The zero-order valence-electron chi connectivity index (χ0n) is 12.9. The number of hydrogen-bond donors (Lipinski definition) is 1. The van der Waals surface area contributed by atoms with E-state index in [-0.39, 0.29) is 11.9 Å². The van der Waals surface area contributed by atoms with Gasteiger partial charge in [-0.3, -0.25) is 4.79 Å². The van der Waals surface area contributed by atoms with Gasteiger partial charge in [-0.2, -0.15) is 0 Å². The quantitative estimate of drug-likeness (QED) is 0.883. The van der Waals surface area contributed by atoms with Crippen LogP contribution >= 0.6 is 15.9 Å². The Morgan fingerprint density at radius 2 is 2.33 bits per heavy atom. The topological polar surface area (TPSA) is 41.6 Å². The number of carbonyl (C=O) groups is 1. The third-order valence-corrected chi connectivity index (χ3v) is 4.46. The minimum absolute atomic E-state index is 0.0697. The molecular weight excluding hydrogens is 332 g/mol. The van der Waals surface area contributed by atoms with Crippen molar-refractivity contribution < 1.29 is 9.53 Å². The third kappa shape index (κ3) is 3.98. The number of hydrogen-bond acceptors (Lipinski definition) is 3. The number of likely N-dealkylation sites (N-methyl/N-ethyl adjacent to an activating group) is 1. The van der Waals surface area contributed by atoms with E-state index in [0.717, 1.165) is 36.0 Å². The summed E-state index contributed by atoms with van der Waals surface area (Å²) in [7, 11) is 1.92. The number of nitrogens with one attached hydrogen (secondary N) is 1. The van der Waals surface area contributed by atoms with Crippen molar-refractivity contribution in [1.29, 1.82) is 0 Å². The number of likely N-dealkylation sites (tertiary alicyclic amines) is 1. The molecule has 1 N–H and O–H groups in total. The molecular formula is C16H23BrN2O2. The second kappa shape index (κ2) is 7.27. The van der Waals surface area contributed by atoms with Gasteiger partial charge in [-0.15, -0.1) is 0 Å². The summed E-state index contributed by atoms with van der Waals surface area (Å²) < 4.78 is 6.73. The van der Waals surface area contributed by atoms with Gasteiger partial charge in [-0.1, -0.05) is 6.07 Å². The molecule has 0 aromatic heterocycles. The highest BCUT2D eigenvalue weighted by atomic mass is 79.9. The summed E-state index contributed by atoms with van der Waals surface area (Å²) in [6, 6.07) is 6.16. The maximum absolute atomic E-state index is 12.6. The number of benzene rings is 1. The molecule has 1 aromatic rings. The predicted octanol–water partition coefficient (Wildman–Crippen LogP) is 2.74. The molecule has 0 aliphatic carbocycles. The van der Waals surface area contributed by atoms with E-state index in [0.29, 0.717) is 5.75 Å². The van der Waals surface area contributed by atoms with Gasteiger partial charge in [0.05, 0.1) is 4.47 Å². The van der Waals surface area contributed by atoms with Crippen molar-refractivity contribution in [2.75, 3.05) is 20.1 Å². The molecule has 21 heavy (non-hydrogen) atoms. The first-order valence-corrected chi connectivity index (χ1v) is 8.20. The average molecular weight is 355 g/mol. The van der Waals surface area contributed by atoms with E-state index in [1.807, 2.05) is 44.0 Å². The molecule has 2 atom stereocenters. The molecule has 0 radical (unpaired) electrons. The summed E-state index contributed by atoms with van der Waals surface area (Å²) in [5.74, 6) is 0.783. The Morgan fingerprint density at radius 1 is 1.57 bits per heavy atom. The molecule has 116 valence electrons. The summed E-state index contributed by atoms with van der Waals surface area (Å²) in [5, 5.41) is 3.16. The lowest BCUT2D eigenvalue weighted by molar-refractivity contribution is -0.138. The van der Waals surface area contributed by atoms with Crippen LogP contribution in [0.4, 0.5) is 0 Å². The van der Waals surface area contributed by atoms with Crippen LogP contribution in [0.5, 0.6) is 5.75 Å². The summed E-state index contributed by atoms with van der Waals surface area (Å²) in [6.07, 6.45) is 1.66. The number of carbonyl (C=O) groups excluding carboxylic acids is 1. The molecule has 1 aliphatic rings. The molecule has 2 unspecified atom stereocenters. The number of amides is 1. The summed E-state index contributed by atoms with van der Waals surface area (Å²) in [4.78, 5) is 14.5. The van der Waals surface area contributed by atoms with Crippen LogP contribution in [0.2, 0.25) is 0 Å². The molecule has 0 spiro atoms. The average Bonchev–Trinajstić information content (AvgIpc) is 2.89. The van der Waals surface area contributed by atoms with E-state index < -0.39 is 6.10 Å². The van der Waals surface area contributed by atoms with Crippen LogP contribution in [0, 0.1) is 6.92 Å². The van der Waals surface area contributed by atoms with E-state index in [1.54, 1.807) is 0 Å². The fourth-order valence-electron chi connectivity index (χ4n) is 2.75. The predicted molar refractivity (Wildman–Crippen MR) is 87.6 cm³/mol. The van der Waals surface area contributed by atoms with Crippen molar-refractivity contribution >= 4 is 21.8 Å². The minimum Gasteiger partial charge on any atom is -0.480 e. The van der Waals surface area contributed by atoms with E-state index in [1.165, 1.54) is 0 Å². The Labute approximate surface area is 135 Å². The van der Waals surface area contributed by atoms with Gasteiger partial charge in [0.25, 0.3) is 5.91 Å². The second-order valence-electron chi connectivity index (χ2n) is 5.58. The van der Waals surface area contributed by atoms with Crippen LogP contribution in [-0.4, -0.2) is 43.1 Å². The monoisotopic (exact) mass is 354 g/mol. The van der Waals surface area contributed by atoms with Gasteiger partial charge in [0.1, 0.15) is 5.75 Å². The maximum atomic E-state index is 12.6. The molecule has 1 fully saturated rings. The van der Waals surface area contributed by atoms with Crippen molar-refractivity contribution in [2.45, 2.75) is 38.8 Å². The molecule has 5 heteroatoms. The van der Waals surface area contributed by atoms with Gasteiger partial charge in [-0.05, 0) is 67.4 Å². The Balaban J connectivity index is 2.02. The lowest BCUT2D eigenvalue weighted by Gasteiger charge is -2.27. The summed E-state index contributed by atoms with van der Waals surface area (Å²) in [6.45, 7) is 5.51. The van der Waals surface area contributed by atoms with Crippen LogP contribution in [0.1, 0.15) is 25.3 Å². The van der Waals surface area contributed by atoms with E-state index >= 15 is 0 Å². The van der Waals surface area contributed by atoms with Crippen molar-refractivity contribution in [2.24, 2.45) is 0 Å². The SMILES string of the molecule is CNCC1CCCN1C(=O)C(C)Oc1ccc(C)cc1Br. The zero-order valence-corrected chi connectivity index (χ0v) is 14.4. The van der Waals surface area contributed by atoms with Crippen LogP contribution < -0.4 is 10.1 Å². The molecule has 1 heterocycles. The van der Waals surface area contributed by atoms with Crippen molar-refractivity contribution in [3.63, 3.8) is 0 Å². The van der Waals surface area contributed by atoms with Crippen LogP contribution in [-0.2, 0) is 4.79 Å². The first kappa shape index (κ1) is 16.3. The summed E-state index contributed by atoms with van der Waals surface area (Å²) in [5.41, 5.74) is 1.15. The highest BCUT2D eigenvalue weighted by Gasteiger charge is 2.31. The fraction of sp³-hybridized carbons (Fsp3) is 0.562. The van der Waals surface area contributed by atoms with E-state index in [9.17, 15) is 4.79 Å². The third-order valence-electron chi connectivity index (χ3n) is 3.84. The Hall–Kier alpha value is -1.07. The molecule has 0 saturated carbocycles. The smallest absolute Gasteiger partial charge is 0.263 e. The number of rotatable bonds is 5. The lowest BCUT2D eigenvalue weighted by atomic mass is 10.2. The molecule has 1 amide bonds. The highest BCUT2D eigenvalue weighted by molar-refractivity contribution is 9.10. The molecule has 1 saturated heterocycles. The number of aryl methyl sites for hydroxylation is 1. The van der Waals surface area contributed by atoms with Gasteiger partial charge in [-0.25, -0.2) is 0 Å². The number of ether oxygens (including phenoxy) is 1. The van der Waals surface area contributed by atoms with Crippen molar-refractivity contribution in [1.82, 2.24) is 10.2 Å². The zero-order chi connectivity index (χ0) is 15.4. The minimum atomic E-state index is -0.471. The summed E-state index contributed by atoms with van der Waals surface area (Å²) >= 11 is 3.49. The van der Waals surface area contributed by atoms with Gasteiger partial charge in [0.2, 0.25) is 0 Å². The largest absolute Gasteiger partial charge is 0.480 e. The van der Waals surface area contributed by atoms with E-state index in [4.69, 9.17) is 4.74 Å². The molecule has 4 nitrogen and oxygen atoms in total. The second-order valence-corrected chi connectivity index (χ2v) is 6.43.